The van der Waals surface area contributed by atoms with Gasteiger partial charge in [0.25, 0.3) is 0 Å². The van der Waals surface area contributed by atoms with Crippen LogP contribution in [0.25, 0.3) is 0 Å². The van der Waals surface area contributed by atoms with Crippen molar-refractivity contribution in [3.63, 3.8) is 0 Å². The van der Waals surface area contributed by atoms with E-state index in [1.54, 1.807) is 7.11 Å². The molecule has 0 spiro atoms. The second-order valence-corrected chi connectivity index (χ2v) is 8.32. The third-order valence-corrected chi connectivity index (χ3v) is 5.57. The number of rotatable bonds is 7. The summed E-state index contributed by atoms with van der Waals surface area (Å²) < 4.78 is 33.6. The maximum Gasteiger partial charge on any atom is 0.306 e. The van der Waals surface area contributed by atoms with Crippen molar-refractivity contribution in [1.29, 1.82) is 0 Å². The minimum Gasteiger partial charge on any atom is -0.497 e. The van der Waals surface area contributed by atoms with Gasteiger partial charge in [-0.3, -0.25) is 0 Å². The molecule has 0 bridgehead atoms. The number of benzene rings is 2. The van der Waals surface area contributed by atoms with E-state index in [4.69, 9.17) is 8.92 Å². The molecule has 4 nitrogen and oxygen atoms in total. The summed E-state index contributed by atoms with van der Waals surface area (Å²) in [6.45, 7) is 8.14. The Hall–Kier alpha value is -2.01. The second-order valence-electron chi connectivity index (χ2n) is 6.74. The van der Waals surface area contributed by atoms with Gasteiger partial charge in [0.1, 0.15) is 11.5 Å². The summed E-state index contributed by atoms with van der Waals surface area (Å²) in [5, 5.41) is 0. The van der Waals surface area contributed by atoms with Crippen molar-refractivity contribution in [3.05, 3.63) is 58.7 Å². The molecule has 2 aromatic carbocycles. The van der Waals surface area contributed by atoms with Crippen molar-refractivity contribution in [1.82, 2.24) is 0 Å². The molecule has 0 aliphatic carbocycles. The molecule has 0 fully saturated rings. The predicted octanol–water partition coefficient (Wildman–Crippen LogP) is 4.76. The Kier molecular flexibility index (Phi) is 6.02. The van der Waals surface area contributed by atoms with Crippen LogP contribution in [0.3, 0.4) is 0 Å². The van der Waals surface area contributed by atoms with Crippen molar-refractivity contribution >= 4 is 10.1 Å². The molecular formula is C21H28O4S. The average Bonchev–Trinajstić information content (AvgIpc) is 2.59. The number of hydrogen-bond donors (Lipinski definition) is 0. The largest absolute Gasteiger partial charge is 0.497 e. The molecule has 0 N–H and O–H groups in total. The van der Waals surface area contributed by atoms with Crippen LogP contribution < -0.4 is 8.92 Å². The number of ether oxygens (including phenoxy) is 1. The van der Waals surface area contributed by atoms with Crippen molar-refractivity contribution in [2.75, 3.05) is 13.4 Å². The van der Waals surface area contributed by atoms with E-state index in [0.717, 1.165) is 36.0 Å². The van der Waals surface area contributed by atoms with Crippen LogP contribution in [0.5, 0.6) is 11.5 Å². The van der Waals surface area contributed by atoms with Crippen LogP contribution in [-0.2, 0) is 15.5 Å². The number of aryl methyl sites for hydroxylation is 2. The third-order valence-electron chi connectivity index (χ3n) is 5.10. The highest BCUT2D eigenvalue weighted by Gasteiger charge is 2.32. The molecule has 2 rings (SSSR count). The monoisotopic (exact) mass is 376 g/mol. The summed E-state index contributed by atoms with van der Waals surface area (Å²) in [4.78, 5) is 0. The van der Waals surface area contributed by atoms with E-state index in [9.17, 15) is 8.42 Å². The van der Waals surface area contributed by atoms with Crippen molar-refractivity contribution in [2.24, 2.45) is 0 Å². The summed E-state index contributed by atoms with van der Waals surface area (Å²) in [5.74, 6) is 1.26. The lowest BCUT2D eigenvalue weighted by Gasteiger charge is -2.34. The van der Waals surface area contributed by atoms with E-state index in [0.29, 0.717) is 5.75 Å². The molecular weight excluding hydrogens is 348 g/mol. The molecule has 0 atom stereocenters. The molecule has 0 unspecified atom stereocenters. The fraction of sp³-hybridized carbons (Fsp3) is 0.429. The van der Waals surface area contributed by atoms with Crippen LogP contribution in [-0.4, -0.2) is 21.8 Å². The minimum absolute atomic E-state index is 0.147. The standard InChI is InChI=1S/C21H28O4S/c1-7-21(8-2,17-9-11-19(24-5)12-10-17)18-13-15(3)20(16(4)14-18)25-26(6,22)23/h9-14H,7-8H2,1-6H3. The van der Waals surface area contributed by atoms with Gasteiger partial charge in [-0.25, -0.2) is 0 Å². The second kappa shape index (κ2) is 7.70. The van der Waals surface area contributed by atoms with E-state index < -0.39 is 10.1 Å². The summed E-state index contributed by atoms with van der Waals surface area (Å²) in [6, 6.07) is 12.3. The zero-order valence-corrected chi connectivity index (χ0v) is 17.2. The molecule has 0 heterocycles. The average molecular weight is 377 g/mol. The van der Waals surface area contributed by atoms with Crippen LogP contribution in [0.4, 0.5) is 0 Å². The first kappa shape index (κ1) is 20.3. The molecule has 26 heavy (non-hydrogen) atoms. The third kappa shape index (κ3) is 4.04. The summed E-state index contributed by atoms with van der Waals surface area (Å²) >= 11 is 0. The molecule has 0 radical (unpaired) electrons. The minimum atomic E-state index is -3.56. The quantitative estimate of drug-likeness (QED) is 0.654. The van der Waals surface area contributed by atoms with Gasteiger partial charge >= 0.3 is 10.1 Å². The van der Waals surface area contributed by atoms with E-state index in [2.05, 4.69) is 26.0 Å². The van der Waals surface area contributed by atoms with Gasteiger partial charge in [0.05, 0.1) is 13.4 Å². The van der Waals surface area contributed by atoms with Gasteiger partial charge in [-0.15, -0.1) is 0 Å². The summed E-state index contributed by atoms with van der Waals surface area (Å²) in [5.41, 5.74) is 3.89. The lowest BCUT2D eigenvalue weighted by atomic mass is 9.70. The van der Waals surface area contributed by atoms with Crippen LogP contribution in [0, 0.1) is 13.8 Å². The molecule has 0 aromatic heterocycles. The molecule has 0 saturated carbocycles. The predicted molar refractivity (Wildman–Crippen MR) is 106 cm³/mol. The molecule has 2 aromatic rings. The van der Waals surface area contributed by atoms with Gasteiger partial charge in [-0.1, -0.05) is 38.1 Å². The normalized spacial score (nSPS) is 12.1. The lowest BCUT2D eigenvalue weighted by Crippen LogP contribution is -2.26. The van der Waals surface area contributed by atoms with Gasteiger partial charge < -0.3 is 8.92 Å². The fourth-order valence-electron chi connectivity index (χ4n) is 3.65. The number of hydrogen-bond acceptors (Lipinski definition) is 4. The van der Waals surface area contributed by atoms with Crippen LogP contribution in [0.15, 0.2) is 36.4 Å². The Morgan fingerprint density at radius 1 is 0.923 bits per heavy atom. The maximum atomic E-state index is 11.5. The highest BCUT2D eigenvalue weighted by molar-refractivity contribution is 7.86. The van der Waals surface area contributed by atoms with E-state index in [1.165, 1.54) is 11.1 Å². The van der Waals surface area contributed by atoms with Crippen LogP contribution in [0.1, 0.15) is 48.9 Å². The van der Waals surface area contributed by atoms with Crippen molar-refractivity contribution in [3.8, 4) is 11.5 Å². The van der Waals surface area contributed by atoms with Gasteiger partial charge in [0, 0.05) is 5.41 Å². The Morgan fingerprint density at radius 2 is 1.42 bits per heavy atom. The van der Waals surface area contributed by atoms with Crippen LogP contribution >= 0.6 is 0 Å². The Bertz CT molecular complexity index is 840. The molecule has 142 valence electrons. The molecule has 0 aliphatic heterocycles. The van der Waals surface area contributed by atoms with Crippen molar-refractivity contribution in [2.45, 2.75) is 46.0 Å². The zero-order chi connectivity index (χ0) is 19.5. The molecule has 5 heteroatoms. The highest BCUT2D eigenvalue weighted by Crippen LogP contribution is 2.41. The van der Waals surface area contributed by atoms with Gasteiger partial charge in [-0.2, -0.15) is 8.42 Å². The first-order valence-electron chi connectivity index (χ1n) is 8.82. The van der Waals surface area contributed by atoms with Gasteiger partial charge in [0.15, 0.2) is 0 Å². The summed E-state index contributed by atoms with van der Waals surface area (Å²) in [7, 11) is -1.89. The Labute approximate surface area is 157 Å². The highest BCUT2D eigenvalue weighted by atomic mass is 32.2. The van der Waals surface area contributed by atoms with Crippen LogP contribution in [0.2, 0.25) is 0 Å². The van der Waals surface area contributed by atoms with E-state index in [-0.39, 0.29) is 5.41 Å². The summed E-state index contributed by atoms with van der Waals surface area (Å²) in [6.07, 6.45) is 2.93. The molecule has 0 amide bonds. The van der Waals surface area contributed by atoms with E-state index in [1.807, 2.05) is 38.1 Å². The first-order chi connectivity index (χ1) is 12.2. The smallest absolute Gasteiger partial charge is 0.306 e. The fourth-order valence-corrected chi connectivity index (χ4v) is 4.22. The SMILES string of the molecule is CCC(CC)(c1ccc(OC)cc1)c1cc(C)c(OS(C)(=O)=O)c(C)c1. The lowest BCUT2D eigenvalue weighted by molar-refractivity contribution is 0.413. The molecule has 0 aliphatic rings. The van der Waals surface area contributed by atoms with Crippen molar-refractivity contribution < 1.29 is 17.3 Å². The number of methoxy groups -OCH3 is 1. The van der Waals surface area contributed by atoms with E-state index >= 15 is 0 Å². The molecule has 0 saturated heterocycles. The first-order valence-corrected chi connectivity index (χ1v) is 10.6. The van der Waals surface area contributed by atoms with Gasteiger partial charge in [-0.05, 0) is 61.1 Å². The topological polar surface area (TPSA) is 52.6 Å². The zero-order valence-electron chi connectivity index (χ0n) is 16.4. The Balaban J connectivity index is 2.59. The Morgan fingerprint density at radius 3 is 1.81 bits per heavy atom. The van der Waals surface area contributed by atoms with Gasteiger partial charge in [0.2, 0.25) is 0 Å². The maximum absolute atomic E-state index is 11.5.